The maximum atomic E-state index is 12.6. The second kappa shape index (κ2) is 7.25. The van der Waals surface area contributed by atoms with Gasteiger partial charge in [0.1, 0.15) is 0 Å². The van der Waals surface area contributed by atoms with Gasteiger partial charge in [0, 0.05) is 24.2 Å². The molecule has 0 unspecified atom stereocenters. The zero-order chi connectivity index (χ0) is 18.0. The second-order valence-corrected chi connectivity index (χ2v) is 8.78. The summed E-state index contributed by atoms with van der Waals surface area (Å²) in [5.41, 5.74) is 2.80. The van der Waals surface area contributed by atoms with E-state index in [1.54, 1.807) is 0 Å². The number of thiophene rings is 1. The van der Waals surface area contributed by atoms with E-state index in [9.17, 15) is 13.2 Å². The molecule has 0 saturated carbocycles. The van der Waals surface area contributed by atoms with Gasteiger partial charge in [0.2, 0.25) is 10.0 Å². The Morgan fingerprint density at radius 1 is 1.20 bits per heavy atom. The number of morpholine rings is 1. The number of benzene rings is 1. The number of carbonyl (C=O) groups excluding carboxylic acids is 1. The second-order valence-electron chi connectivity index (χ2n) is 5.94. The highest BCUT2D eigenvalue weighted by Crippen LogP contribution is 2.25. The van der Waals surface area contributed by atoms with E-state index in [-0.39, 0.29) is 10.8 Å². The number of amides is 1. The Hall–Kier alpha value is -1.74. The first-order chi connectivity index (χ1) is 11.9. The average molecular weight is 380 g/mol. The summed E-state index contributed by atoms with van der Waals surface area (Å²) in [5.74, 6) is -0.305. The summed E-state index contributed by atoms with van der Waals surface area (Å²) < 4.78 is 31.8. The summed E-state index contributed by atoms with van der Waals surface area (Å²) in [6, 6.07) is 7.19. The van der Waals surface area contributed by atoms with Gasteiger partial charge in [0.25, 0.3) is 5.91 Å². The molecule has 1 aromatic carbocycles. The third kappa shape index (κ3) is 3.92. The van der Waals surface area contributed by atoms with Crippen LogP contribution in [-0.2, 0) is 14.8 Å². The lowest BCUT2D eigenvalue weighted by Crippen LogP contribution is -2.40. The van der Waals surface area contributed by atoms with Crippen LogP contribution >= 0.6 is 11.3 Å². The number of nitrogens with zero attached hydrogens (tertiary/aromatic N) is 1. The number of hydrogen-bond donors (Lipinski definition) is 1. The van der Waals surface area contributed by atoms with Crippen molar-refractivity contribution in [1.29, 1.82) is 0 Å². The Morgan fingerprint density at radius 2 is 1.92 bits per heavy atom. The number of ether oxygens (including phenoxy) is 1. The van der Waals surface area contributed by atoms with Crippen LogP contribution in [0.4, 0.5) is 5.69 Å². The minimum absolute atomic E-state index is 0.158. The molecule has 1 fully saturated rings. The molecule has 134 valence electrons. The number of rotatable bonds is 4. The zero-order valence-corrected chi connectivity index (χ0v) is 15.7. The quantitative estimate of drug-likeness (QED) is 0.885. The van der Waals surface area contributed by atoms with Gasteiger partial charge >= 0.3 is 0 Å². The number of carbonyl (C=O) groups is 1. The largest absolute Gasteiger partial charge is 0.379 e. The predicted octanol–water partition coefficient (Wildman–Crippen LogP) is 2.64. The maximum Gasteiger partial charge on any atom is 0.265 e. The van der Waals surface area contributed by atoms with Crippen molar-refractivity contribution in [3.8, 4) is 0 Å². The van der Waals surface area contributed by atoms with E-state index >= 15 is 0 Å². The molecule has 1 N–H and O–H groups in total. The predicted molar refractivity (Wildman–Crippen MR) is 97.8 cm³/mol. The first-order valence-corrected chi connectivity index (χ1v) is 10.2. The van der Waals surface area contributed by atoms with Crippen LogP contribution in [0.1, 0.15) is 20.8 Å². The molecule has 6 nitrogen and oxygen atoms in total. The van der Waals surface area contributed by atoms with Gasteiger partial charge in [-0.25, -0.2) is 8.42 Å². The van der Waals surface area contributed by atoms with Crippen LogP contribution < -0.4 is 5.32 Å². The van der Waals surface area contributed by atoms with Crippen molar-refractivity contribution < 1.29 is 17.9 Å². The Balaban J connectivity index is 1.77. The Kier molecular flexibility index (Phi) is 5.24. The molecule has 3 rings (SSSR count). The van der Waals surface area contributed by atoms with Gasteiger partial charge in [-0.1, -0.05) is 17.7 Å². The van der Waals surface area contributed by atoms with Gasteiger partial charge in [-0.05, 0) is 31.5 Å². The summed E-state index contributed by atoms with van der Waals surface area (Å²) in [4.78, 5) is 13.0. The fourth-order valence-corrected chi connectivity index (χ4v) is 5.21. The third-order valence-corrected chi connectivity index (χ3v) is 6.99. The lowest BCUT2D eigenvalue weighted by atomic mass is 10.1. The van der Waals surface area contributed by atoms with Crippen LogP contribution in [0.25, 0.3) is 0 Å². The fraction of sp³-hybridized carbons (Fsp3) is 0.353. The highest BCUT2D eigenvalue weighted by Gasteiger charge is 2.28. The lowest BCUT2D eigenvalue weighted by Gasteiger charge is -2.25. The lowest BCUT2D eigenvalue weighted by molar-refractivity contribution is 0.0730. The molecule has 2 heterocycles. The number of sulfonamides is 1. The van der Waals surface area contributed by atoms with Gasteiger partial charge in [-0.3, -0.25) is 4.79 Å². The third-order valence-electron chi connectivity index (χ3n) is 4.04. The first-order valence-electron chi connectivity index (χ1n) is 7.93. The van der Waals surface area contributed by atoms with Gasteiger partial charge in [-0.15, -0.1) is 11.3 Å². The highest BCUT2D eigenvalue weighted by molar-refractivity contribution is 7.89. The van der Waals surface area contributed by atoms with Crippen molar-refractivity contribution in [3.63, 3.8) is 0 Å². The molecule has 2 aromatic rings. The van der Waals surface area contributed by atoms with E-state index in [2.05, 4.69) is 5.32 Å². The van der Waals surface area contributed by atoms with E-state index in [0.29, 0.717) is 31.2 Å². The van der Waals surface area contributed by atoms with Crippen molar-refractivity contribution in [2.75, 3.05) is 31.6 Å². The Labute approximate surface area is 151 Å². The van der Waals surface area contributed by atoms with Crippen LogP contribution in [0.2, 0.25) is 0 Å². The molecule has 0 radical (unpaired) electrons. The summed E-state index contributed by atoms with van der Waals surface area (Å²) in [6.45, 7) is 5.36. The molecular weight excluding hydrogens is 360 g/mol. The molecule has 1 aliphatic heterocycles. The molecule has 0 bridgehead atoms. The topological polar surface area (TPSA) is 75.7 Å². The summed E-state index contributed by atoms with van der Waals surface area (Å²) in [5, 5.41) is 4.36. The minimum atomic E-state index is -3.58. The van der Waals surface area contributed by atoms with Gasteiger partial charge < -0.3 is 10.1 Å². The summed E-state index contributed by atoms with van der Waals surface area (Å²) >= 11 is 1.13. The molecule has 1 saturated heterocycles. The normalized spacial score (nSPS) is 15.9. The van der Waals surface area contributed by atoms with E-state index in [1.807, 2.05) is 32.0 Å². The van der Waals surface area contributed by atoms with Crippen molar-refractivity contribution in [2.45, 2.75) is 18.7 Å². The van der Waals surface area contributed by atoms with Crippen molar-refractivity contribution in [2.24, 2.45) is 0 Å². The van der Waals surface area contributed by atoms with Crippen molar-refractivity contribution in [3.05, 3.63) is 45.6 Å². The minimum Gasteiger partial charge on any atom is -0.379 e. The van der Waals surface area contributed by atoms with Gasteiger partial charge in [0.15, 0.2) is 0 Å². The number of hydrogen-bond acceptors (Lipinski definition) is 5. The van der Waals surface area contributed by atoms with Crippen LogP contribution in [0, 0.1) is 13.8 Å². The first kappa shape index (κ1) is 18.1. The van der Waals surface area contributed by atoms with Crippen molar-refractivity contribution >= 4 is 33.0 Å². The highest BCUT2D eigenvalue weighted by atomic mass is 32.2. The van der Waals surface area contributed by atoms with Crippen LogP contribution in [-0.4, -0.2) is 44.9 Å². The van der Waals surface area contributed by atoms with E-state index in [4.69, 9.17) is 4.74 Å². The number of aryl methyl sites for hydroxylation is 2. The zero-order valence-electron chi connectivity index (χ0n) is 14.1. The van der Waals surface area contributed by atoms with Gasteiger partial charge in [-0.2, -0.15) is 4.31 Å². The molecule has 8 heteroatoms. The average Bonchev–Trinajstić information content (AvgIpc) is 3.09. The van der Waals surface area contributed by atoms with E-state index in [0.717, 1.165) is 28.2 Å². The molecule has 1 aliphatic rings. The summed E-state index contributed by atoms with van der Waals surface area (Å²) in [7, 11) is -3.58. The van der Waals surface area contributed by atoms with E-state index in [1.165, 1.54) is 15.8 Å². The molecule has 0 aliphatic carbocycles. The molecular formula is C17H20N2O4S2. The van der Waals surface area contributed by atoms with Crippen LogP contribution in [0.3, 0.4) is 0 Å². The smallest absolute Gasteiger partial charge is 0.265 e. The SMILES string of the molecule is Cc1ccc(NC(=O)c2cc(S(=O)(=O)N3CCOCC3)cs2)c(C)c1. The standard InChI is InChI=1S/C17H20N2O4S2/c1-12-3-4-15(13(2)9-12)18-17(20)16-10-14(11-24-16)25(21,22)19-5-7-23-8-6-19/h3-4,9-11H,5-8H2,1-2H3,(H,18,20). The molecule has 1 aromatic heterocycles. The van der Waals surface area contributed by atoms with E-state index < -0.39 is 10.0 Å². The fourth-order valence-electron chi connectivity index (χ4n) is 2.65. The number of nitrogens with one attached hydrogen (secondary N) is 1. The summed E-state index contributed by atoms with van der Waals surface area (Å²) in [6.07, 6.45) is 0. The number of anilines is 1. The monoisotopic (exact) mass is 380 g/mol. The van der Waals surface area contributed by atoms with Crippen molar-refractivity contribution in [1.82, 2.24) is 4.31 Å². The van der Waals surface area contributed by atoms with Gasteiger partial charge in [0.05, 0.1) is 23.0 Å². The maximum absolute atomic E-state index is 12.6. The molecule has 1 amide bonds. The Morgan fingerprint density at radius 3 is 2.60 bits per heavy atom. The molecule has 25 heavy (non-hydrogen) atoms. The Bertz CT molecular complexity index is 884. The van der Waals surface area contributed by atoms with Crippen LogP contribution in [0.5, 0.6) is 0 Å². The molecule has 0 atom stereocenters. The van der Waals surface area contributed by atoms with Crippen LogP contribution in [0.15, 0.2) is 34.5 Å². The molecule has 0 spiro atoms.